The van der Waals surface area contributed by atoms with Crippen molar-refractivity contribution in [1.29, 1.82) is 0 Å². The normalized spacial score (nSPS) is 18.6. The summed E-state index contributed by atoms with van der Waals surface area (Å²) in [4.78, 5) is 0. The number of hydrogen-bond acceptors (Lipinski definition) is 1. The Balaban J connectivity index is 1.73. The molecule has 2 atom stereocenters. The minimum absolute atomic E-state index is 0.110. The number of fused-ring (bicyclic) bond motifs is 1. The third kappa shape index (κ3) is 2.38. The van der Waals surface area contributed by atoms with Gasteiger partial charge < -0.3 is 5.11 Å². The lowest BCUT2D eigenvalue weighted by Gasteiger charge is -2.34. The molecule has 2 unspecified atom stereocenters. The van der Waals surface area contributed by atoms with Crippen molar-refractivity contribution in [1.82, 2.24) is 0 Å². The third-order valence-electron chi connectivity index (χ3n) is 3.79. The van der Waals surface area contributed by atoms with Gasteiger partial charge in [-0.1, -0.05) is 41.9 Å². The first kappa shape index (κ1) is 12.6. The summed E-state index contributed by atoms with van der Waals surface area (Å²) >= 11 is 5.75. The molecule has 2 aromatic carbocycles. The highest BCUT2D eigenvalue weighted by Crippen LogP contribution is 2.38. The first-order valence-electron chi connectivity index (χ1n) is 6.35. The lowest BCUT2D eigenvalue weighted by Crippen LogP contribution is -2.30. The molecule has 3 heteroatoms. The van der Waals surface area contributed by atoms with Gasteiger partial charge in [0.2, 0.25) is 0 Å². The first-order chi connectivity index (χ1) is 9.15. The van der Waals surface area contributed by atoms with Crippen LogP contribution in [0, 0.1) is 5.82 Å². The average molecular weight is 277 g/mol. The van der Waals surface area contributed by atoms with Crippen LogP contribution in [0.1, 0.15) is 22.6 Å². The Morgan fingerprint density at radius 3 is 2.79 bits per heavy atom. The van der Waals surface area contributed by atoms with Crippen molar-refractivity contribution in [3.8, 4) is 0 Å². The van der Waals surface area contributed by atoms with Crippen molar-refractivity contribution in [2.24, 2.45) is 0 Å². The van der Waals surface area contributed by atoms with E-state index in [4.69, 9.17) is 11.6 Å². The van der Waals surface area contributed by atoms with Crippen molar-refractivity contribution in [3.63, 3.8) is 0 Å². The molecule has 0 amide bonds. The van der Waals surface area contributed by atoms with Gasteiger partial charge in [0.05, 0.1) is 11.1 Å². The van der Waals surface area contributed by atoms with Gasteiger partial charge >= 0.3 is 0 Å². The number of rotatable bonds is 3. The van der Waals surface area contributed by atoms with E-state index in [1.54, 1.807) is 12.1 Å². The molecule has 19 heavy (non-hydrogen) atoms. The molecule has 0 saturated heterocycles. The lowest BCUT2D eigenvalue weighted by atomic mass is 9.73. The van der Waals surface area contributed by atoms with Crippen LogP contribution in [-0.2, 0) is 12.8 Å². The molecule has 0 aromatic heterocycles. The summed E-state index contributed by atoms with van der Waals surface area (Å²) in [6.07, 6.45) is 0.960. The predicted octanol–water partition coefficient (Wildman–Crippen LogP) is 3.72. The molecule has 2 aromatic rings. The van der Waals surface area contributed by atoms with E-state index in [-0.39, 0.29) is 10.9 Å². The molecule has 0 bridgehead atoms. The molecule has 3 rings (SSSR count). The Labute approximate surface area is 116 Å². The van der Waals surface area contributed by atoms with Gasteiger partial charge in [-0.2, -0.15) is 0 Å². The van der Waals surface area contributed by atoms with Crippen molar-refractivity contribution >= 4 is 11.6 Å². The summed E-state index contributed by atoms with van der Waals surface area (Å²) in [7, 11) is 0. The van der Waals surface area contributed by atoms with Gasteiger partial charge in [-0.3, -0.25) is 0 Å². The molecule has 98 valence electrons. The summed E-state index contributed by atoms with van der Waals surface area (Å²) < 4.78 is 13.1. The van der Waals surface area contributed by atoms with E-state index in [1.165, 1.54) is 17.2 Å². The molecular weight excluding hydrogens is 263 g/mol. The van der Waals surface area contributed by atoms with E-state index in [2.05, 4.69) is 12.1 Å². The molecule has 0 saturated carbocycles. The first-order valence-corrected chi connectivity index (χ1v) is 6.73. The second kappa shape index (κ2) is 4.95. The number of benzene rings is 2. The molecule has 0 aliphatic heterocycles. The third-order valence-corrected chi connectivity index (χ3v) is 4.08. The number of aliphatic hydroxyl groups excluding tert-OH is 1. The van der Waals surface area contributed by atoms with Crippen LogP contribution < -0.4 is 0 Å². The molecule has 1 N–H and O–H groups in total. The van der Waals surface area contributed by atoms with E-state index in [9.17, 15) is 9.50 Å². The Bertz CT molecular complexity index is 611. The number of aliphatic hydroxyl groups is 1. The minimum atomic E-state index is -0.448. The maximum Gasteiger partial charge on any atom is 0.141 e. The van der Waals surface area contributed by atoms with Crippen LogP contribution in [-0.4, -0.2) is 11.2 Å². The Hall–Kier alpha value is -1.38. The van der Waals surface area contributed by atoms with Crippen LogP contribution in [0.25, 0.3) is 0 Å². The molecular formula is C16H14ClFO. The quantitative estimate of drug-likeness (QED) is 0.906. The Morgan fingerprint density at radius 2 is 2.05 bits per heavy atom. The SMILES string of the molecule is OC(Cc1ccc(F)c(Cl)c1)C1Cc2ccccc21. The average Bonchev–Trinajstić information content (AvgIpc) is 2.35. The van der Waals surface area contributed by atoms with Crippen LogP contribution in [0.2, 0.25) is 5.02 Å². The van der Waals surface area contributed by atoms with Gasteiger partial charge in [-0.15, -0.1) is 0 Å². The summed E-state index contributed by atoms with van der Waals surface area (Å²) in [5, 5.41) is 10.4. The molecule has 0 spiro atoms. The molecule has 1 aliphatic carbocycles. The zero-order valence-electron chi connectivity index (χ0n) is 10.3. The second-order valence-corrected chi connectivity index (χ2v) is 5.44. The fraction of sp³-hybridized carbons (Fsp3) is 0.250. The fourth-order valence-corrected chi connectivity index (χ4v) is 2.89. The predicted molar refractivity (Wildman–Crippen MR) is 74.0 cm³/mol. The highest BCUT2D eigenvalue weighted by atomic mass is 35.5. The summed E-state index contributed by atoms with van der Waals surface area (Å²) in [5.41, 5.74) is 3.40. The molecule has 1 nitrogen and oxygen atoms in total. The standard InChI is InChI=1S/C16H14ClFO/c17-14-7-10(5-6-15(14)18)8-16(19)13-9-11-3-1-2-4-12(11)13/h1-7,13,16,19H,8-9H2. The maximum absolute atomic E-state index is 13.1. The smallest absolute Gasteiger partial charge is 0.141 e. The second-order valence-electron chi connectivity index (χ2n) is 5.03. The van der Waals surface area contributed by atoms with E-state index >= 15 is 0 Å². The monoisotopic (exact) mass is 276 g/mol. The highest BCUT2D eigenvalue weighted by Gasteiger charge is 2.31. The van der Waals surface area contributed by atoms with Gasteiger partial charge in [0.25, 0.3) is 0 Å². The summed E-state index contributed by atoms with van der Waals surface area (Å²) in [6, 6.07) is 12.8. The van der Waals surface area contributed by atoms with Crippen molar-refractivity contribution in [2.75, 3.05) is 0 Å². The van der Waals surface area contributed by atoms with E-state index < -0.39 is 11.9 Å². The molecule has 0 heterocycles. The topological polar surface area (TPSA) is 20.2 Å². The van der Waals surface area contributed by atoms with Crippen LogP contribution in [0.3, 0.4) is 0 Å². The van der Waals surface area contributed by atoms with Crippen LogP contribution >= 0.6 is 11.6 Å². The number of halogens is 2. The molecule has 1 aliphatic rings. The summed E-state index contributed by atoms with van der Waals surface area (Å²) in [6.45, 7) is 0. The molecule has 0 radical (unpaired) electrons. The van der Waals surface area contributed by atoms with Gasteiger partial charge in [0.1, 0.15) is 5.82 Å². The maximum atomic E-state index is 13.1. The molecule has 0 fully saturated rings. The Kier molecular flexibility index (Phi) is 3.29. The van der Waals surface area contributed by atoms with E-state index in [0.29, 0.717) is 6.42 Å². The summed E-state index contributed by atoms with van der Waals surface area (Å²) in [5.74, 6) is -0.242. The Morgan fingerprint density at radius 1 is 1.26 bits per heavy atom. The zero-order valence-corrected chi connectivity index (χ0v) is 11.1. The van der Waals surface area contributed by atoms with Crippen LogP contribution in [0.15, 0.2) is 42.5 Å². The van der Waals surface area contributed by atoms with Crippen molar-refractivity contribution in [3.05, 3.63) is 70.0 Å². The fourth-order valence-electron chi connectivity index (χ4n) is 2.69. The van der Waals surface area contributed by atoms with Crippen molar-refractivity contribution < 1.29 is 9.50 Å². The van der Waals surface area contributed by atoms with Crippen LogP contribution in [0.4, 0.5) is 4.39 Å². The minimum Gasteiger partial charge on any atom is -0.392 e. The number of hydrogen-bond donors (Lipinski definition) is 1. The van der Waals surface area contributed by atoms with Crippen LogP contribution in [0.5, 0.6) is 0 Å². The van der Waals surface area contributed by atoms with Crippen molar-refractivity contribution in [2.45, 2.75) is 24.9 Å². The van der Waals surface area contributed by atoms with E-state index in [0.717, 1.165) is 12.0 Å². The van der Waals surface area contributed by atoms with E-state index in [1.807, 2.05) is 12.1 Å². The van der Waals surface area contributed by atoms with Gasteiger partial charge in [-0.25, -0.2) is 4.39 Å². The zero-order chi connectivity index (χ0) is 13.4. The highest BCUT2D eigenvalue weighted by molar-refractivity contribution is 6.30. The van der Waals surface area contributed by atoms with Gasteiger partial charge in [0.15, 0.2) is 0 Å². The largest absolute Gasteiger partial charge is 0.392 e. The van der Waals surface area contributed by atoms with Gasteiger partial charge in [-0.05, 0) is 41.7 Å². The lowest BCUT2D eigenvalue weighted by molar-refractivity contribution is 0.133. The van der Waals surface area contributed by atoms with Gasteiger partial charge in [0, 0.05) is 5.92 Å².